The zero-order chi connectivity index (χ0) is 24.0. The lowest BCUT2D eigenvalue weighted by Gasteiger charge is -2.19. The summed E-state index contributed by atoms with van der Waals surface area (Å²) in [4.78, 5) is 52.4. The molecule has 7 heteroatoms. The van der Waals surface area contributed by atoms with Crippen molar-refractivity contribution in [3.63, 3.8) is 0 Å². The number of ether oxygens (including phenoxy) is 1. The predicted molar refractivity (Wildman–Crippen MR) is 126 cm³/mol. The molecule has 174 valence electrons. The number of nitrogens with zero attached hydrogens (tertiary/aromatic N) is 1. The highest BCUT2D eigenvalue weighted by atomic mass is 16.5. The highest BCUT2D eigenvalue weighted by molar-refractivity contribution is 6.23. The molecule has 0 aromatic heterocycles. The van der Waals surface area contributed by atoms with Crippen LogP contribution in [0.4, 0.5) is 11.4 Å². The van der Waals surface area contributed by atoms with E-state index in [9.17, 15) is 19.2 Å². The number of carbonyl (C=O) groups is 4. The molecule has 2 bridgehead atoms. The topological polar surface area (TPSA) is 92.8 Å². The minimum absolute atomic E-state index is 0.112. The summed E-state index contributed by atoms with van der Waals surface area (Å²) >= 11 is 0. The maximum atomic E-state index is 13.2. The third-order valence-corrected chi connectivity index (χ3v) is 7.23. The fraction of sp³-hybridized carbons (Fsp3) is 0.333. The highest BCUT2D eigenvalue weighted by Crippen LogP contribution is 2.55. The molecule has 2 fully saturated rings. The molecule has 0 radical (unpaired) electrons. The number of esters is 1. The van der Waals surface area contributed by atoms with Gasteiger partial charge in [0.15, 0.2) is 6.61 Å². The summed E-state index contributed by atoms with van der Waals surface area (Å²) in [5.41, 5.74) is 3.39. The number of nitrogens with one attached hydrogen (secondary N) is 1. The van der Waals surface area contributed by atoms with Crippen molar-refractivity contribution in [1.82, 2.24) is 0 Å². The van der Waals surface area contributed by atoms with Gasteiger partial charge in [-0.1, -0.05) is 42.8 Å². The van der Waals surface area contributed by atoms with Gasteiger partial charge in [0.1, 0.15) is 0 Å². The molecule has 1 N–H and O–H groups in total. The van der Waals surface area contributed by atoms with Gasteiger partial charge in [-0.15, -0.1) is 0 Å². The second kappa shape index (κ2) is 8.56. The van der Waals surface area contributed by atoms with E-state index in [-0.39, 0.29) is 41.0 Å². The number of hydrogen-bond acceptors (Lipinski definition) is 5. The third-order valence-electron chi connectivity index (χ3n) is 7.23. The van der Waals surface area contributed by atoms with Crippen molar-refractivity contribution in [1.29, 1.82) is 0 Å². The number of para-hydroxylation sites is 1. The minimum atomic E-state index is -0.697. The van der Waals surface area contributed by atoms with Crippen LogP contribution in [0.25, 0.3) is 0 Å². The van der Waals surface area contributed by atoms with Crippen LogP contribution in [0.1, 0.15) is 36.2 Å². The molecule has 2 aromatic rings. The van der Waals surface area contributed by atoms with Crippen molar-refractivity contribution in [2.24, 2.45) is 23.7 Å². The zero-order valence-electron chi connectivity index (χ0n) is 19.1. The maximum absolute atomic E-state index is 13.2. The molecule has 34 heavy (non-hydrogen) atoms. The zero-order valence-corrected chi connectivity index (χ0v) is 19.1. The first kappa shape index (κ1) is 22.1. The largest absolute Gasteiger partial charge is 0.452 e. The van der Waals surface area contributed by atoms with Gasteiger partial charge in [0.2, 0.25) is 11.8 Å². The number of aryl methyl sites for hydroxylation is 1. The monoisotopic (exact) mass is 458 g/mol. The lowest BCUT2D eigenvalue weighted by molar-refractivity contribution is -0.123. The Bertz CT molecular complexity index is 1230. The van der Waals surface area contributed by atoms with Gasteiger partial charge in [-0.25, -0.2) is 9.69 Å². The average molecular weight is 459 g/mol. The smallest absolute Gasteiger partial charge is 0.338 e. The van der Waals surface area contributed by atoms with Crippen LogP contribution in [0, 0.1) is 23.7 Å². The van der Waals surface area contributed by atoms with E-state index in [0.717, 1.165) is 18.4 Å². The van der Waals surface area contributed by atoms with Crippen LogP contribution in [-0.2, 0) is 25.5 Å². The Morgan fingerprint density at radius 3 is 2.62 bits per heavy atom. The Hall–Kier alpha value is -3.74. The molecule has 5 rings (SSSR count). The number of rotatable bonds is 6. The molecule has 2 aliphatic carbocycles. The molecule has 1 saturated heterocycles. The van der Waals surface area contributed by atoms with Gasteiger partial charge in [0.25, 0.3) is 5.91 Å². The number of imide groups is 1. The van der Waals surface area contributed by atoms with Gasteiger partial charge in [0.05, 0.1) is 23.1 Å². The Kier molecular flexibility index (Phi) is 5.55. The van der Waals surface area contributed by atoms with E-state index in [1.165, 1.54) is 22.6 Å². The van der Waals surface area contributed by atoms with Crippen molar-refractivity contribution in [2.45, 2.75) is 26.7 Å². The van der Waals surface area contributed by atoms with Crippen molar-refractivity contribution in [2.75, 3.05) is 16.8 Å². The maximum Gasteiger partial charge on any atom is 0.338 e. The predicted octanol–water partition coefficient (Wildman–Crippen LogP) is 3.75. The second-order valence-corrected chi connectivity index (χ2v) is 9.17. The van der Waals surface area contributed by atoms with Crippen LogP contribution in [0.3, 0.4) is 0 Å². The van der Waals surface area contributed by atoms with E-state index in [2.05, 4.69) is 11.4 Å². The van der Waals surface area contributed by atoms with Crippen LogP contribution in [0.15, 0.2) is 60.2 Å². The normalized spacial score (nSPS) is 24.8. The van der Waals surface area contributed by atoms with Crippen LogP contribution in [0.5, 0.6) is 0 Å². The molecule has 3 aliphatic rings. The number of amides is 3. The quantitative estimate of drug-likeness (QED) is 0.404. The standard InChI is InChI=1S/C27H26N2O5/c1-3-16-7-4-5-10-21(16)28-22(30)14-34-27(33)17-8-6-9-19(12-17)29-25(31)23-18-11-15(2)20(13-18)24(23)26(29)32/h4-12,18,20,23-24H,3,13-14H2,1-2H3,(H,28,30)/t18-,20+,23-,24+/m0/s1. The van der Waals surface area contributed by atoms with Crippen LogP contribution < -0.4 is 10.2 Å². The van der Waals surface area contributed by atoms with E-state index >= 15 is 0 Å². The molecule has 4 atom stereocenters. The van der Waals surface area contributed by atoms with Crippen molar-refractivity contribution < 1.29 is 23.9 Å². The fourth-order valence-electron chi connectivity index (χ4n) is 5.65. The van der Waals surface area contributed by atoms with Crippen LogP contribution in [0.2, 0.25) is 0 Å². The summed E-state index contributed by atoms with van der Waals surface area (Å²) in [5.74, 6) is -1.93. The van der Waals surface area contributed by atoms with E-state index < -0.39 is 18.5 Å². The first-order valence-electron chi connectivity index (χ1n) is 11.6. The molecule has 1 aliphatic heterocycles. The molecule has 0 spiro atoms. The summed E-state index contributed by atoms with van der Waals surface area (Å²) in [6.07, 6.45) is 3.75. The van der Waals surface area contributed by atoms with E-state index in [1.54, 1.807) is 18.2 Å². The number of hydrogen-bond donors (Lipinski definition) is 1. The lowest BCUT2D eigenvalue weighted by atomic mass is 9.82. The summed E-state index contributed by atoms with van der Waals surface area (Å²) < 4.78 is 5.19. The van der Waals surface area contributed by atoms with Crippen molar-refractivity contribution in [3.8, 4) is 0 Å². The number of benzene rings is 2. The molecule has 1 heterocycles. The molecule has 0 unspecified atom stereocenters. The molecular weight excluding hydrogens is 432 g/mol. The second-order valence-electron chi connectivity index (χ2n) is 9.17. The summed E-state index contributed by atoms with van der Waals surface area (Å²) in [7, 11) is 0. The fourth-order valence-corrected chi connectivity index (χ4v) is 5.65. The average Bonchev–Trinajstić information content (AvgIpc) is 3.48. The number of allylic oxidation sites excluding steroid dienone is 2. The SMILES string of the molecule is CCc1ccccc1NC(=O)COC(=O)c1cccc(N2C(=O)[C@@H]3[C@H](C2=O)[C@@H]2C[C@@H]3C=C2C)c1. The van der Waals surface area contributed by atoms with Crippen molar-refractivity contribution in [3.05, 3.63) is 71.3 Å². The first-order valence-corrected chi connectivity index (χ1v) is 11.6. The van der Waals surface area contributed by atoms with Gasteiger partial charge in [-0.2, -0.15) is 0 Å². The summed E-state index contributed by atoms with van der Waals surface area (Å²) in [5, 5.41) is 2.76. The molecule has 2 aromatic carbocycles. The lowest BCUT2D eigenvalue weighted by Crippen LogP contribution is -2.33. The van der Waals surface area contributed by atoms with Gasteiger partial charge >= 0.3 is 5.97 Å². The van der Waals surface area contributed by atoms with Gasteiger partial charge < -0.3 is 10.1 Å². The molecule has 1 saturated carbocycles. The highest BCUT2D eigenvalue weighted by Gasteiger charge is 2.60. The Labute approximate surface area is 197 Å². The Morgan fingerprint density at radius 2 is 1.82 bits per heavy atom. The first-order chi connectivity index (χ1) is 16.4. The number of anilines is 2. The van der Waals surface area contributed by atoms with E-state index in [4.69, 9.17) is 4.74 Å². The number of fused-ring (bicyclic) bond motifs is 5. The van der Waals surface area contributed by atoms with Crippen LogP contribution >= 0.6 is 0 Å². The molecule has 3 amide bonds. The van der Waals surface area contributed by atoms with Gasteiger partial charge in [0, 0.05) is 5.69 Å². The van der Waals surface area contributed by atoms with Crippen LogP contribution in [-0.4, -0.2) is 30.3 Å². The molecule has 7 nitrogen and oxygen atoms in total. The van der Waals surface area contributed by atoms with E-state index in [0.29, 0.717) is 11.4 Å². The van der Waals surface area contributed by atoms with Gasteiger partial charge in [-0.3, -0.25) is 14.4 Å². The Morgan fingerprint density at radius 1 is 1.06 bits per heavy atom. The van der Waals surface area contributed by atoms with Crippen molar-refractivity contribution >= 4 is 35.1 Å². The van der Waals surface area contributed by atoms with E-state index in [1.807, 2.05) is 32.0 Å². The van der Waals surface area contributed by atoms with Gasteiger partial charge in [-0.05, 0) is 61.4 Å². The summed E-state index contributed by atoms with van der Waals surface area (Å²) in [6.45, 7) is 3.57. The molecular formula is C27H26N2O5. The minimum Gasteiger partial charge on any atom is -0.452 e. The third kappa shape index (κ3) is 3.61. The summed E-state index contributed by atoms with van der Waals surface area (Å²) in [6, 6.07) is 13.7. The Balaban J connectivity index is 1.26. The number of carbonyl (C=O) groups excluding carboxylic acids is 4.